The molecule has 0 aliphatic carbocycles. The molecule has 0 spiro atoms. The number of anilines is 2. The van der Waals surface area contributed by atoms with Gasteiger partial charge in [-0.25, -0.2) is 4.79 Å². The molecule has 2 rings (SSSR count). The first-order valence-electron chi connectivity index (χ1n) is 6.47. The Hall–Kier alpha value is -2.24. The molecule has 108 valence electrons. The van der Waals surface area contributed by atoms with Gasteiger partial charge in [0.1, 0.15) is 6.04 Å². The van der Waals surface area contributed by atoms with Crippen molar-refractivity contribution in [3.63, 3.8) is 0 Å². The van der Waals surface area contributed by atoms with E-state index < -0.39 is 17.7 Å². The second kappa shape index (κ2) is 5.03. The molecule has 2 amide bonds. The summed E-state index contributed by atoms with van der Waals surface area (Å²) in [6.45, 7) is 5.55. The molecule has 0 bridgehead atoms. The SMILES string of the molecule is CC(C)(C)N(C(=O)O)[C@H]1CNc2ccccc2NC1=O. The molecule has 0 fully saturated rings. The van der Waals surface area contributed by atoms with Crippen LogP contribution in [0.4, 0.5) is 16.2 Å². The molecule has 0 radical (unpaired) electrons. The quantitative estimate of drug-likeness (QED) is 0.735. The van der Waals surface area contributed by atoms with Crippen LogP contribution in [-0.2, 0) is 4.79 Å². The first kappa shape index (κ1) is 14.2. The standard InChI is InChI=1S/C14H19N3O3/c1-14(2,3)17(13(19)20)11-8-15-9-6-4-5-7-10(9)16-12(11)18/h4-7,11,15H,8H2,1-3H3,(H,16,18)(H,19,20)/t11-/m0/s1. The minimum Gasteiger partial charge on any atom is -0.465 e. The van der Waals surface area contributed by atoms with Crippen LogP contribution in [0.25, 0.3) is 0 Å². The molecule has 20 heavy (non-hydrogen) atoms. The number of carbonyl (C=O) groups excluding carboxylic acids is 1. The Balaban J connectivity index is 2.31. The van der Waals surface area contributed by atoms with Gasteiger partial charge < -0.3 is 15.7 Å². The number of amides is 2. The zero-order chi connectivity index (χ0) is 14.9. The van der Waals surface area contributed by atoms with Crippen molar-refractivity contribution in [2.24, 2.45) is 0 Å². The Kier molecular flexibility index (Phi) is 3.57. The minimum absolute atomic E-state index is 0.242. The van der Waals surface area contributed by atoms with E-state index in [1.165, 1.54) is 4.90 Å². The van der Waals surface area contributed by atoms with Gasteiger partial charge in [0.25, 0.3) is 0 Å². The lowest BCUT2D eigenvalue weighted by Gasteiger charge is -2.38. The summed E-state index contributed by atoms with van der Waals surface area (Å²) in [6.07, 6.45) is -1.11. The molecule has 6 nitrogen and oxygen atoms in total. The first-order chi connectivity index (χ1) is 9.30. The van der Waals surface area contributed by atoms with E-state index in [0.29, 0.717) is 5.69 Å². The van der Waals surface area contributed by atoms with Crippen LogP contribution < -0.4 is 10.6 Å². The van der Waals surface area contributed by atoms with Crippen LogP contribution >= 0.6 is 0 Å². The Morgan fingerprint density at radius 1 is 1.30 bits per heavy atom. The second-order valence-corrected chi connectivity index (χ2v) is 5.75. The molecule has 1 atom stereocenters. The highest BCUT2D eigenvalue weighted by Crippen LogP contribution is 2.26. The zero-order valence-electron chi connectivity index (χ0n) is 11.8. The molecule has 1 aliphatic rings. The summed E-state index contributed by atoms with van der Waals surface area (Å²) < 4.78 is 0. The number of carbonyl (C=O) groups is 2. The number of nitrogens with zero attached hydrogens (tertiary/aromatic N) is 1. The maximum absolute atomic E-state index is 12.3. The van der Waals surface area contributed by atoms with Gasteiger partial charge in [0.15, 0.2) is 0 Å². The van der Waals surface area contributed by atoms with Crippen molar-refractivity contribution in [3.8, 4) is 0 Å². The van der Waals surface area contributed by atoms with Crippen molar-refractivity contribution in [3.05, 3.63) is 24.3 Å². The highest BCUT2D eigenvalue weighted by Gasteiger charge is 2.38. The predicted octanol–water partition coefficient (Wildman–Crippen LogP) is 2.20. The number of para-hydroxylation sites is 2. The number of hydrogen-bond acceptors (Lipinski definition) is 3. The lowest BCUT2D eigenvalue weighted by atomic mass is 10.0. The Bertz CT molecular complexity index is 537. The van der Waals surface area contributed by atoms with Crippen molar-refractivity contribution >= 4 is 23.4 Å². The maximum Gasteiger partial charge on any atom is 0.408 e. The third kappa shape index (κ3) is 2.68. The van der Waals surface area contributed by atoms with E-state index >= 15 is 0 Å². The highest BCUT2D eigenvalue weighted by atomic mass is 16.4. The monoisotopic (exact) mass is 277 g/mol. The molecule has 1 heterocycles. The molecule has 0 unspecified atom stereocenters. The lowest BCUT2D eigenvalue weighted by molar-refractivity contribution is -0.121. The third-order valence-corrected chi connectivity index (χ3v) is 3.21. The molecule has 6 heteroatoms. The van der Waals surface area contributed by atoms with Gasteiger partial charge >= 0.3 is 6.09 Å². The number of hydrogen-bond donors (Lipinski definition) is 3. The molecule has 1 aromatic carbocycles. The van der Waals surface area contributed by atoms with Crippen LogP contribution in [0.15, 0.2) is 24.3 Å². The summed E-state index contributed by atoms with van der Waals surface area (Å²) in [6, 6.07) is 6.53. The molecule has 0 aromatic heterocycles. The molecule has 0 saturated heterocycles. The lowest BCUT2D eigenvalue weighted by Crippen LogP contribution is -2.57. The summed E-state index contributed by atoms with van der Waals surface area (Å²) in [7, 11) is 0. The average molecular weight is 277 g/mol. The van der Waals surface area contributed by atoms with E-state index in [4.69, 9.17) is 0 Å². The van der Waals surface area contributed by atoms with Gasteiger partial charge in [-0.15, -0.1) is 0 Å². The molecule has 1 aromatic rings. The number of benzene rings is 1. The predicted molar refractivity (Wildman–Crippen MR) is 77.0 cm³/mol. The van der Waals surface area contributed by atoms with Gasteiger partial charge in [-0.1, -0.05) is 12.1 Å². The summed E-state index contributed by atoms with van der Waals surface area (Å²) >= 11 is 0. The topological polar surface area (TPSA) is 81.7 Å². The van der Waals surface area contributed by atoms with Crippen LogP contribution in [0.3, 0.4) is 0 Å². The van der Waals surface area contributed by atoms with Gasteiger partial charge in [0, 0.05) is 12.1 Å². The smallest absolute Gasteiger partial charge is 0.408 e. The number of fused-ring (bicyclic) bond motifs is 1. The van der Waals surface area contributed by atoms with Crippen LogP contribution in [-0.4, -0.2) is 40.1 Å². The second-order valence-electron chi connectivity index (χ2n) is 5.75. The summed E-state index contributed by atoms with van der Waals surface area (Å²) in [5.74, 6) is -0.320. The van der Waals surface area contributed by atoms with E-state index in [-0.39, 0.29) is 12.5 Å². The fourth-order valence-electron chi connectivity index (χ4n) is 2.36. The summed E-state index contributed by atoms with van der Waals surface area (Å²) in [5.41, 5.74) is 0.799. The molecule has 3 N–H and O–H groups in total. The molecule has 1 aliphatic heterocycles. The van der Waals surface area contributed by atoms with Crippen LogP contribution in [0.1, 0.15) is 20.8 Å². The van der Waals surface area contributed by atoms with Gasteiger partial charge in [-0.05, 0) is 32.9 Å². The Labute approximate surface area is 117 Å². The number of rotatable bonds is 1. The average Bonchev–Trinajstić information content (AvgIpc) is 2.47. The fraction of sp³-hybridized carbons (Fsp3) is 0.429. The van der Waals surface area contributed by atoms with Crippen LogP contribution in [0.5, 0.6) is 0 Å². The van der Waals surface area contributed by atoms with E-state index in [2.05, 4.69) is 10.6 Å². The van der Waals surface area contributed by atoms with Crippen molar-refractivity contribution < 1.29 is 14.7 Å². The third-order valence-electron chi connectivity index (χ3n) is 3.21. The van der Waals surface area contributed by atoms with Crippen LogP contribution in [0, 0.1) is 0 Å². The maximum atomic E-state index is 12.3. The fourth-order valence-corrected chi connectivity index (χ4v) is 2.36. The van der Waals surface area contributed by atoms with Crippen LogP contribution in [0.2, 0.25) is 0 Å². The Morgan fingerprint density at radius 2 is 1.90 bits per heavy atom. The minimum atomic E-state index is -1.11. The summed E-state index contributed by atoms with van der Waals surface area (Å²) in [5, 5.41) is 15.3. The van der Waals surface area contributed by atoms with E-state index in [1.54, 1.807) is 26.8 Å². The first-order valence-corrected chi connectivity index (χ1v) is 6.47. The molecular formula is C14H19N3O3. The largest absolute Gasteiger partial charge is 0.465 e. The van der Waals surface area contributed by atoms with Gasteiger partial charge in [-0.3, -0.25) is 9.69 Å². The van der Waals surface area contributed by atoms with Crippen molar-refractivity contribution in [2.75, 3.05) is 17.2 Å². The zero-order valence-corrected chi connectivity index (χ0v) is 11.8. The van der Waals surface area contributed by atoms with Crippen molar-refractivity contribution in [1.82, 2.24) is 4.90 Å². The van der Waals surface area contributed by atoms with E-state index in [9.17, 15) is 14.7 Å². The highest BCUT2D eigenvalue weighted by molar-refractivity contribution is 6.00. The van der Waals surface area contributed by atoms with Gasteiger partial charge in [-0.2, -0.15) is 0 Å². The molecular weight excluding hydrogens is 258 g/mol. The normalized spacial score (nSPS) is 18.4. The van der Waals surface area contributed by atoms with E-state index in [0.717, 1.165) is 5.69 Å². The van der Waals surface area contributed by atoms with Gasteiger partial charge in [0.2, 0.25) is 5.91 Å². The van der Waals surface area contributed by atoms with E-state index in [1.807, 2.05) is 18.2 Å². The van der Waals surface area contributed by atoms with Crippen molar-refractivity contribution in [2.45, 2.75) is 32.4 Å². The van der Waals surface area contributed by atoms with Gasteiger partial charge in [0.05, 0.1) is 11.4 Å². The number of nitrogens with one attached hydrogen (secondary N) is 2. The molecule has 0 saturated carbocycles. The van der Waals surface area contributed by atoms with Crippen molar-refractivity contribution in [1.29, 1.82) is 0 Å². The Morgan fingerprint density at radius 3 is 2.45 bits per heavy atom. The number of carboxylic acid groups (broad SMARTS) is 1. The summed E-state index contributed by atoms with van der Waals surface area (Å²) in [4.78, 5) is 25.0.